The number of piperazine rings is 1. The van der Waals surface area contributed by atoms with E-state index >= 15 is 4.39 Å². The quantitative estimate of drug-likeness (QED) is 0.321. The average molecular weight is 562 g/mol. The van der Waals surface area contributed by atoms with Gasteiger partial charge in [0.15, 0.2) is 5.82 Å². The number of rotatable bonds is 6. The van der Waals surface area contributed by atoms with Gasteiger partial charge in [0.2, 0.25) is 5.91 Å². The van der Waals surface area contributed by atoms with Crippen LogP contribution in [0.25, 0.3) is 32.9 Å². The van der Waals surface area contributed by atoms with Gasteiger partial charge in [-0.2, -0.15) is 9.97 Å². The monoisotopic (exact) mass is 561 g/mol. The maximum absolute atomic E-state index is 16.4. The summed E-state index contributed by atoms with van der Waals surface area (Å²) in [4.78, 5) is 36.2. The lowest BCUT2D eigenvalue weighted by Gasteiger charge is -2.35. The largest absolute Gasteiger partial charge is 0.462 e. The fraction of sp³-hybridized carbons (Fsp3) is 0.345. The van der Waals surface area contributed by atoms with Crippen LogP contribution in [0, 0.1) is 5.82 Å². The normalized spacial score (nSPS) is 18.0. The summed E-state index contributed by atoms with van der Waals surface area (Å²) >= 11 is 6.53. The fourth-order valence-electron chi connectivity index (χ4n) is 5.51. The SMILES string of the molecule is C=CC(=O)N1CCN(c2nc(OC[C@@H]3CCCN3C)nc3c(F)c(-c4cncc5cccc(Cl)c45)ncc23)CC1. The van der Waals surface area contributed by atoms with Gasteiger partial charge in [0.1, 0.15) is 23.6 Å². The van der Waals surface area contributed by atoms with Crippen molar-refractivity contribution in [1.29, 1.82) is 0 Å². The molecule has 11 heteroatoms. The van der Waals surface area contributed by atoms with Crippen LogP contribution in [0.2, 0.25) is 5.02 Å². The Balaban J connectivity index is 1.44. The van der Waals surface area contributed by atoms with Gasteiger partial charge in [-0.15, -0.1) is 0 Å². The summed E-state index contributed by atoms with van der Waals surface area (Å²) in [5.74, 6) is -0.187. The van der Waals surface area contributed by atoms with E-state index in [2.05, 4.69) is 33.5 Å². The summed E-state index contributed by atoms with van der Waals surface area (Å²) in [6.07, 6.45) is 8.29. The second-order valence-electron chi connectivity index (χ2n) is 10.1. The first-order chi connectivity index (χ1) is 19.4. The number of amides is 1. The topological polar surface area (TPSA) is 87.6 Å². The molecule has 9 nitrogen and oxygen atoms in total. The van der Waals surface area contributed by atoms with Gasteiger partial charge in [-0.25, -0.2) is 4.39 Å². The predicted octanol–water partition coefficient (Wildman–Crippen LogP) is 4.34. The number of benzene rings is 1. The van der Waals surface area contributed by atoms with Gasteiger partial charge in [0, 0.05) is 72.2 Å². The summed E-state index contributed by atoms with van der Waals surface area (Å²) < 4.78 is 22.5. The Labute approximate surface area is 236 Å². The Kier molecular flexibility index (Phi) is 7.20. The van der Waals surface area contributed by atoms with Crippen molar-refractivity contribution in [3.63, 3.8) is 0 Å². The van der Waals surface area contributed by atoms with Crippen molar-refractivity contribution in [2.24, 2.45) is 0 Å². The van der Waals surface area contributed by atoms with Crippen molar-refractivity contribution in [3.8, 4) is 17.3 Å². The highest BCUT2D eigenvalue weighted by Crippen LogP contribution is 2.37. The van der Waals surface area contributed by atoms with Gasteiger partial charge in [-0.3, -0.25) is 14.8 Å². The third-order valence-corrected chi connectivity index (χ3v) is 8.09. The van der Waals surface area contributed by atoms with E-state index in [1.807, 2.05) is 17.0 Å². The molecule has 40 heavy (non-hydrogen) atoms. The predicted molar refractivity (Wildman–Crippen MR) is 153 cm³/mol. The first-order valence-corrected chi connectivity index (χ1v) is 13.7. The molecule has 6 rings (SSSR count). The van der Waals surface area contributed by atoms with E-state index in [9.17, 15) is 4.79 Å². The van der Waals surface area contributed by atoms with Gasteiger partial charge in [0.25, 0.3) is 0 Å². The number of hydrogen-bond acceptors (Lipinski definition) is 8. The Morgan fingerprint density at radius 3 is 2.75 bits per heavy atom. The zero-order valence-corrected chi connectivity index (χ0v) is 22.9. The number of carbonyl (C=O) groups is 1. The molecule has 1 amide bonds. The van der Waals surface area contributed by atoms with Gasteiger partial charge in [-0.1, -0.05) is 30.3 Å². The lowest BCUT2D eigenvalue weighted by atomic mass is 10.0. The molecule has 2 aliphatic heterocycles. The molecule has 2 fully saturated rings. The molecule has 0 spiro atoms. The molecule has 0 unspecified atom stereocenters. The van der Waals surface area contributed by atoms with E-state index in [1.165, 1.54) is 6.08 Å². The number of ether oxygens (including phenoxy) is 1. The number of halogens is 2. The first kappa shape index (κ1) is 26.3. The highest BCUT2D eigenvalue weighted by atomic mass is 35.5. The van der Waals surface area contributed by atoms with E-state index in [4.69, 9.17) is 21.3 Å². The van der Waals surface area contributed by atoms with Crippen LogP contribution < -0.4 is 9.64 Å². The summed E-state index contributed by atoms with van der Waals surface area (Å²) in [5.41, 5.74) is 0.693. The second-order valence-corrected chi connectivity index (χ2v) is 10.5. The third-order valence-electron chi connectivity index (χ3n) is 7.77. The number of fused-ring (bicyclic) bond motifs is 2. The van der Waals surface area contributed by atoms with Crippen LogP contribution in [-0.4, -0.2) is 88.1 Å². The third kappa shape index (κ3) is 4.82. The molecule has 4 aromatic rings. The lowest BCUT2D eigenvalue weighted by molar-refractivity contribution is -0.126. The van der Waals surface area contributed by atoms with Gasteiger partial charge in [0.05, 0.1) is 5.39 Å². The lowest BCUT2D eigenvalue weighted by Crippen LogP contribution is -2.48. The van der Waals surface area contributed by atoms with Crippen LogP contribution in [0.3, 0.4) is 0 Å². The van der Waals surface area contributed by atoms with E-state index < -0.39 is 5.82 Å². The van der Waals surface area contributed by atoms with Crippen LogP contribution >= 0.6 is 11.6 Å². The summed E-state index contributed by atoms with van der Waals surface area (Å²) in [7, 11) is 2.07. The summed E-state index contributed by atoms with van der Waals surface area (Å²) in [6, 6.07) is 5.82. The molecule has 5 heterocycles. The Morgan fingerprint density at radius 1 is 1.18 bits per heavy atom. The number of pyridine rings is 2. The highest BCUT2D eigenvalue weighted by Gasteiger charge is 2.27. The van der Waals surface area contributed by atoms with Crippen molar-refractivity contribution in [3.05, 3.63) is 60.3 Å². The number of nitrogens with zero attached hydrogens (tertiary/aromatic N) is 7. The maximum Gasteiger partial charge on any atom is 0.319 e. The number of carbonyl (C=O) groups excluding carboxylic acids is 1. The molecule has 206 valence electrons. The van der Waals surface area contributed by atoms with Crippen LogP contribution in [-0.2, 0) is 4.79 Å². The molecule has 0 bridgehead atoms. The molecule has 3 aromatic heterocycles. The first-order valence-electron chi connectivity index (χ1n) is 13.3. The standard InChI is InChI=1S/C29H29ClFN7O2/c1-3-23(39)37-10-12-38(13-11-37)28-21-16-33-26(20-15-32-14-18-6-4-8-22(30)24(18)20)25(31)27(21)34-29(35-28)40-17-19-7-5-9-36(19)2/h3-4,6,8,14-16,19H,1,5,7,9-13,17H2,2H3/t19-/m0/s1. The molecule has 0 aliphatic carbocycles. The molecule has 2 saturated heterocycles. The Hall–Kier alpha value is -3.89. The fourth-order valence-corrected chi connectivity index (χ4v) is 5.80. The minimum Gasteiger partial charge on any atom is -0.462 e. The van der Waals surface area contributed by atoms with Crippen molar-refractivity contribution >= 4 is 45.0 Å². The zero-order chi connectivity index (χ0) is 27.8. The molecule has 0 N–H and O–H groups in total. The Bertz CT molecular complexity index is 1600. The maximum atomic E-state index is 16.4. The van der Waals surface area contributed by atoms with Gasteiger partial charge >= 0.3 is 6.01 Å². The molecule has 0 saturated carbocycles. The van der Waals surface area contributed by atoms with E-state index in [1.54, 1.807) is 29.6 Å². The molecular formula is C29H29ClFN7O2. The molecule has 1 atom stereocenters. The second kappa shape index (κ2) is 10.9. The van der Waals surface area contributed by atoms with Crippen LogP contribution in [0.5, 0.6) is 6.01 Å². The summed E-state index contributed by atoms with van der Waals surface area (Å²) in [5, 5.41) is 2.40. The minimum atomic E-state index is -0.598. The number of hydrogen-bond donors (Lipinski definition) is 0. The van der Waals surface area contributed by atoms with Crippen molar-refractivity contribution < 1.29 is 13.9 Å². The van der Waals surface area contributed by atoms with E-state index in [0.717, 1.165) is 24.8 Å². The molecule has 1 aromatic carbocycles. The summed E-state index contributed by atoms with van der Waals surface area (Å²) in [6.45, 7) is 7.02. The number of likely N-dealkylation sites (N-methyl/N-ethyl adjacent to an activating group) is 1. The highest BCUT2D eigenvalue weighted by molar-refractivity contribution is 6.36. The Morgan fingerprint density at radius 2 is 2.00 bits per heavy atom. The van der Waals surface area contributed by atoms with Crippen LogP contribution in [0.4, 0.5) is 10.2 Å². The smallest absolute Gasteiger partial charge is 0.319 e. The minimum absolute atomic E-state index is 0.103. The molecule has 0 radical (unpaired) electrons. The van der Waals surface area contributed by atoms with E-state index in [0.29, 0.717) is 60.0 Å². The molecular weight excluding hydrogens is 533 g/mol. The number of likely N-dealkylation sites (tertiary alicyclic amines) is 1. The number of anilines is 1. The average Bonchev–Trinajstić information content (AvgIpc) is 3.40. The van der Waals surface area contributed by atoms with Gasteiger partial charge in [-0.05, 0) is 38.6 Å². The van der Waals surface area contributed by atoms with Crippen molar-refractivity contribution in [2.75, 3.05) is 51.3 Å². The van der Waals surface area contributed by atoms with Crippen LogP contribution in [0.1, 0.15) is 12.8 Å². The van der Waals surface area contributed by atoms with Gasteiger partial charge < -0.3 is 19.4 Å². The zero-order valence-electron chi connectivity index (χ0n) is 22.2. The molecule has 2 aliphatic rings. The van der Waals surface area contributed by atoms with E-state index in [-0.39, 0.29) is 29.2 Å². The van der Waals surface area contributed by atoms with Crippen molar-refractivity contribution in [1.82, 2.24) is 29.7 Å². The van der Waals surface area contributed by atoms with Crippen molar-refractivity contribution in [2.45, 2.75) is 18.9 Å². The van der Waals surface area contributed by atoms with Crippen LogP contribution in [0.15, 0.2) is 49.4 Å². The number of aromatic nitrogens is 4.